The van der Waals surface area contributed by atoms with Crippen molar-refractivity contribution in [3.63, 3.8) is 0 Å². The van der Waals surface area contributed by atoms with Crippen LogP contribution >= 0.6 is 0 Å². The minimum Gasteiger partial charge on any atom is -0.355 e. The third-order valence-electron chi connectivity index (χ3n) is 3.89. The van der Waals surface area contributed by atoms with Crippen molar-refractivity contribution in [1.82, 2.24) is 20.4 Å². The molecule has 8 nitrogen and oxygen atoms in total. The number of hydrogen-bond acceptors (Lipinski definition) is 6. The highest BCUT2D eigenvalue weighted by Crippen LogP contribution is 2.03. The van der Waals surface area contributed by atoms with E-state index >= 15 is 0 Å². The molecule has 1 rings (SSSR count). The van der Waals surface area contributed by atoms with Crippen LogP contribution in [0.3, 0.4) is 0 Å². The minimum atomic E-state index is -0.204. The van der Waals surface area contributed by atoms with E-state index in [9.17, 15) is 9.59 Å². The van der Waals surface area contributed by atoms with Gasteiger partial charge in [-0.25, -0.2) is 0 Å². The zero-order valence-corrected chi connectivity index (χ0v) is 14.1. The SMILES string of the molecule is N#CCC(=O)NCCCN1CCN(CCCNC(=O)CC#N)CC1. The van der Waals surface area contributed by atoms with E-state index in [0.29, 0.717) is 13.1 Å². The third-order valence-corrected chi connectivity index (χ3v) is 3.89. The number of hydrogen-bond donors (Lipinski definition) is 2. The Balaban J connectivity index is 2.00. The molecule has 0 atom stereocenters. The van der Waals surface area contributed by atoms with Gasteiger partial charge in [0.1, 0.15) is 12.8 Å². The van der Waals surface area contributed by atoms with Gasteiger partial charge >= 0.3 is 0 Å². The summed E-state index contributed by atoms with van der Waals surface area (Å²) in [4.78, 5) is 27.0. The summed E-state index contributed by atoms with van der Waals surface area (Å²) < 4.78 is 0. The molecule has 1 fully saturated rings. The molecule has 1 aliphatic heterocycles. The van der Waals surface area contributed by atoms with Crippen molar-refractivity contribution >= 4 is 11.8 Å². The average molecular weight is 334 g/mol. The smallest absolute Gasteiger partial charge is 0.234 e. The quantitative estimate of drug-likeness (QED) is 0.518. The van der Waals surface area contributed by atoms with Crippen LogP contribution in [0.15, 0.2) is 0 Å². The van der Waals surface area contributed by atoms with Crippen LogP contribution in [0.5, 0.6) is 0 Å². The molecule has 2 N–H and O–H groups in total. The normalized spacial score (nSPS) is 15.2. The predicted molar refractivity (Wildman–Crippen MR) is 88.6 cm³/mol. The first-order valence-electron chi connectivity index (χ1n) is 8.37. The van der Waals surface area contributed by atoms with Crippen LogP contribution in [0.2, 0.25) is 0 Å². The van der Waals surface area contributed by atoms with E-state index in [0.717, 1.165) is 52.1 Å². The van der Waals surface area contributed by atoms with Gasteiger partial charge in [0, 0.05) is 39.3 Å². The monoisotopic (exact) mass is 334 g/mol. The number of carbonyl (C=O) groups excluding carboxylic acids is 2. The Morgan fingerprint density at radius 1 is 0.792 bits per heavy atom. The Morgan fingerprint density at radius 3 is 1.50 bits per heavy atom. The van der Waals surface area contributed by atoms with Gasteiger partial charge in [-0.1, -0.05) is 0 Å². The number of rotatable bonds is 10. The molecule has 0 aromatic rings. The molecule has 0 aromatic carbocycles. The van der Waals surface area contributed by atoms with Crippen LogP contribution in [0.25, 0.3) is 0 Å². The van der Waals surface area contributed by atoms with E-state index in [1.807, 2.05) is 12.1 Å². The lowest BCUT2D eigenvalue weighted by Gasteiger charge is -2.34. The number of piperazine rings is 1. The van der Waals surface area contributed by atoms with Crippen molar-refractivity contribution in [2.75, 3.05) is 52.4 Å². The lowest BCUT2D eigenvalue weighted by atomic mass is 10.2. The molecule has 0 aromatic heterocycles. The van der Waals surface area contributed by atoms with Gasteiger partial charge in [0.25, 0.3) is 0 Å². The number of carbonyl (C=O) groups is 2. The molecule has 132 valence electrons. The van der Waals surface area contributed by atoms with E-state index in [1.165, 1.54) is 0 Å². The molecule has 0 radical (unpaired) electrons. The maximum atomic E-state index is 11.1. The van der Waals surface area contributed by atoms with Crippen LogP contribution in [0, 0.1) is 22.7 Å². The second kappa shape index (κ2) is 12.3. The Bertz CT molecular complexity index is 430. The van der Waals surface area contributed by atoms with Crippen LogP contribution in [-0.4, -0.2) is 74.0 Å². The molecule has 8 heteroatoms. The van der Waals surface area contributed by atoms with E-state index in [4.69, 9.17) is 10.5 Å². The van der Waals surface area contributed by atoms with Gasteiger partial charge < -0.3 is 20.4 Å². The fraction of sp³-hybridized carbons (Fsp3) is 0.750. The number of nitrogens with one attached hydrogen (secondary N) is 2. The highest BCUT2D eigenvalue weighted by molar-refractivity contribution is 5.78. The average Bonchev–Trinajstić information content (AvgIpc) is 2.57. The van der Waals surface area contributed by atoms with E-state index in [2.05, 4.69) is 20.4 Å². The maximum absolute atomic E-state index is 11.1. The lowest BCUT2D eigenvalue weighted by molar-refractivity contribution is -0.121. The van der Waals surface area contributed by atoms with E-state index < -0.39 is 0 Å². The molecule has 0 aliphatic carbocycles. The summed E-state index contributed by atoms with van der Waals surface area (Å²) in [5.74, 6) is -0.409. The fourth-order valence-corrected chi connectivity index (χ4v) is 2.57. The topological polar surface area (TPSA) is 112 Å². The molecule has 1 saturated heterocycles. The maximum Gasteiger partial charge on any atom is 0.234 e. The molecule has 1 aliphatic rings. The van der Waals surface area contributed by atoms with Crippen LogP contribution in [-0.2, 0) is 9.59 Å². The van der Waals surface area contributed by atoms with E-state index in [1.54, 1.807) is 0 Å². The summed E-state index contributed by atoms with van der Waals surface area (Å²) in [7, 11) is 0. The van der Waals surface area contributed by atoms with Gasteiger partial charge in [0.05, 0.1) is 12.1 Å². The van der Waals surface area contributed by atoms with Crippen molar-refractivity contribution in [2.45, 2.75) is 25.7 Å². The summed E-state index contributed by atoms with van der Waals surface area (Å²) in [5.41, 5.74) is 0. The van der Waals surface area contributed by atoms with Gasteiger partial charge in [-0.05, 0) is 25.9 Å². The predicted octanol–water partition coefficient (Wildman–Crippen LogP) is -0.556. The molecule has 2 amide bonds. The Labute approximate surface area is 143 Å². The first kappa shape index (κ1) is 19.9. The molecule has 0 saturated carbocycles. The largest absolute Gasteiger partial charge is 0.355 e. The minimum absolute atomic E-state index is 0.0738. The summed E-state index contributed by atoms with van der Waals surface area (Å²) in [5, 5.41) is 22.2. The fourth-order valence-electron chi connectivity index (χ4n) is 2.57. The number of nitrogens with zero attached hydrogens (tertiary/aromatic N) is 4. The van der Waals surface area contributed by atoms with Crippen molar-refractivity contribution in [2.24, 2.45) is 0 Å². The molecule has 0 spiro atoms. The molecule has 1 heterocycles. The second-order valence-electron chi connectivity index (χ2n) is 5.76. The van der Waals surface area contributed by atoms with Crippen molar-refractivity contribution in [1.29, 1.82) is 10.5 Å². The van der Waals surface area contributed by atoms with Crippen LogP contribution in [0.4, 0.5) is 0 Å². The highest BCUT2D eigenvalue weighted by Gasteiger charge is 2.15. The zero-order valence-electron chi connectivity index (χ0n) is 14.1. The van der Waals surface area contributed by atoms with Crippen molar-refractivity contribution < 1.29 is 9.59 Å². The molecule has 0 bridgehead atoms. The first-order chi connectivity index (χ1) is 11.7. The standard InChI is InChI=1S/C16H26N6O2/c17-5-3-15(23)19-7-1-9-21-11-13-22(14-12-21)10-2-8-20-16(24)4-6-18/h1-4,7-14H2,(H,19,23)(H,20,24). The van der Waals surface area contributed by atoms with Crippen molar-refractivity contribution in [3.8, 4) is 12.1 Å². The Morgan fingerprint density at radius 2 is 1.17 bits per heavy atom. The second-order valence-corrected chi connectivity index (χ2v) is 5.76. The molecule has 0 unspecified atom stereocenters. The summed E-state index contributed by atoms with van der Waals surface area (Å²) in [6, 6.07) is 3.66. The third kappa shape index (κ3) is 9.09. The summed E-state index contributed by atoms with van der Waals surface area (Å²) in [6.07, 6.45) is 1.63. The number of amides is 2. The summed E-state index contributed by atoms with van der Waals surface area (Å²) >= 11 is 0. The molecular weight excluding hydrogens is 308 g/mol. The Kier molecular flexibility index (Phi) is 10.2. The lowest BCUT2D eigenvalue weighted by Crippen LogP contribution is -2.47. The van der Waals surface area contributed by atoms with Crippen LogP contribution < -0.4 is 10.6 Å². The first-order valence-corrected chi connectivity index (χ1v) is 8.37. The van der Waals surface area contributed by atoms with E-state index in [-0.39, 0.29) is 24.7 Å². The van der Waals surface area contributed by atoms with Gasteiger partial charge in [0.2, 0.25) is 11.8 Å². The highest BCUT2D eigenvalue weighted by atomic mass is 16.2. The zero-order chi connectivity index (χ0) is 17.6. The van der Waals surface area contributed by atoms with Gasteiger partial charge in [-0.3, -0.25) is 9.59 Å². The summed E-state index contributed by atoms with van der Waals surface area (Å²) in [6.45, 7) is 7.15. The van der Waals surface area contributed by atoms with Crippen LogP contribution in [0.1, 0.15) is 25.7 Å². The molecule has 24 heavy (non-hydrogen) atoms. The Hall–Kier alpha value is -2.16. The van der Waals surface area contributed by atoms with Gasteiger partial charge in [-0.15, -0.1) is 0 Å². The van der Waals surface area contributed by atoms with Crippen molar-refractivity contribution in [3.05, 3.63) is 0 Å². The number of nitriles is 2. The van der Waals surface area contributed by atoms with Gasteiger partial charge in [0.15, 0.2) is 0 Å². The molecular formula is C16H26N6O2. The van der Waals surface area contributed by atoms with Gasteiger partial charge in [-0.2, -0.15) is 10.5 Å².